The number of likely N-dealkylation sites (tertiary alicyclic amines) is 1. The Hall–Kier alpha value is -1.54. The van der Waals surface area contributed by atoms with E-state index in [1.165, 1.54) is 0 Å². The number of carbonyl (C=O) groups is 1. The molecule has 0 unspecified atom stereocenters. The van der Waals surface area contributed by atoms with E-state index < -0.39 is 5.60 Å². The van der Waals surface area contributed by atoms with Crippen molar-refractivity contribution in [1.82, 2.24) is 14.7 Å². The van der Waals surface area contributed by atoms with E-state index in [1.54, 1.807) is 11.1 Å². The number of hydrogen-bond acceptors (Lipinski definition) is 5. The average Bonchev–Trinajstić information content (AvgIpc) is 2.91. The van der Waals surface area contributed by atoms with Crippen LogP contribution in [0.4, 0.5) is 4.79 Å². The van der Waals surface area contributed by atoms with Gasteiger partial charge < -0.3 is 18.9 Å². The zero-order valence-electron chi connectivity index (χ0n) is 14.4. The van der Waals surface area contributed by atoms with Crippen LogP contribution in [0.25, 0.3) is 0 Å². The van der Waals surface area contributed by atoms with Crippen molar-refractivity contribution in [2.75, 3.05) is 19.7 Å². The fourth-order valence-corrected chi connectivity index (χ4v) is 2.57. The molecule has 0 N–H and O–H groups in total. The molecule has 1 aromatic rings. The molecule has 3 rings (SSSR count). The molecule has 0 saturated carbocycles. The summed E-state index contributed by atoms with van der Waals surface area (Å²) < 4.78 is 18.7. The molecule has 0 bridgehead atoms. The number of aromatic nitrogens is 2. The summed E-state index contributed by atoms with van der Waals surface area (Å²) in [5.74, 6) is 0. The summed E-state index contributed by atoms with van der Waals surface area (Å²) in [6, 6.07) is 0.172. The number of hydrogen-bond donors (Lipinski definition) is 0. The maximum absolute atomic E-state index is 11.9. The second kappa shape index (κ2) is 5.52. The largest absolute Gasteiger partial charge is 0.497 e. The number of ether oxygens (including phenoxy) is 1. The average molecular weight is 321 g/mol. The van der Waals surface area contributed by atoms with E-state index in [9.17, 15) is 4.79 Å². The quantitative estimate of drug-likeness (QED) is 0.766. The number of amides is 1. The summed E-state index contributed by atoms with van der Waals surface area (Å²) in [7, 11) is -0.360. The molecule has 1 aromatic heterocycles. The van der Waals surface area contributed by atoms with E-state index in [2.05, 4.69) is 5.10 Å². The van der Waals surface area contributed by atoms with Crippen LogP contribution in [-0.4, -0.2) is 58.8 Å². The molecule has 126 valence electrons. The molecule has 0 atom stereocenters. The van der Waals surface area contributed by atoms with Crippen LogP contribution >= 0.6 is 0 Å². The molecule has 3 heterocycles. The topological polar surface area (TPSA) is 65.8 Å². The van der Waals surface area contributed by atoms with E-state index in [0.29, 0.717) is 19.7 Å². The predicted octanol–water partition coefficient (Wildman–Crippen LogP) is 1.20. The number of rotatable bonds is 2. The monoisotopic (exact) mass is 321 g/mol. The Morgan fingerprint density at radius 2 is 2.13 bits per heavy atom. The highest BCUT2D eigenvalue weighted by Crippen LogP contribution is 2.23. The molecule has 2 fully saturated rings. The van der Waals surface area contributed by atoms with Crippen molar-refractivity contribution in [3.8, 4) is 0 Å². The minimum Gasteiger partial charge on any atom is -0.444 e. The van der Waals surface area contributed by atoms with Crippen LogP contribution in [0.15, 0.2) is 12.4 Å². The third-order valence-electron chi connectivity index (χ3n) is 3.79. The lowest BCUT2D eigenvalue weighted by atomic mass is 9.82. The van der Waals surface area contributed by atoms with Crippen molar-refractivity contribution < 1.29 is 18.8 Å². The van der Waals surface area contributed by atoms with Crippen molar-refractivity contribution in [1.29, 1.82) is 0 Å². The molecule has 0 radical (unpaired) electrons. The predicted molar refractivity (Wildman–Crippen MR) is 85.6 cm³/mol. The molecule has 0 aliphatic carbocycles. The first-order valence-electron chi connectivity index (χ1n) is 7.94. The number of carbonyl (C=O) groups excluding carboxylic acids is 1. The molecule has 23 heavy (non-hydrogen) atoms. The van der Waals surface area contributed by atoms with Crippen LogP contribution in [0, 0.1) is 0 Å². The van der Waals surface area contributed by atoms with Gasteiger partial charge >= 0.3 is 13.2 Å². The van der Waals surface area contributed by atoms with E-state index >= 15 is 0 Å². The zero-order valence-corrected chi connectivity index (χ0v) is 14.4. The van der Waals surface area contributed by atoms with Gasteiger partial charge in [0.05, 0.1) is 18.2 Å². The maximum atomic E-state index is 11.9. The van der Waals surface area contributed by atoms with Crippen molar-refractivity contribution in [2.45, 2.75) is 51.9 Å². The first-order valence-corrected chi connectivity index (χ1v) is 7.94. The Morgan fingerprint density at radius 1 is 1.43 bits per heavy atom. The van der Waals surface area contributed by atoms with Crippen molar-refractivity contribution in [2.24, 2.45) is 0 Å². The zero-order chi connectivity index (χ0) is 16.8. The third-order valence-corrected chi connectivity index (χ3v) is 3.79. The Kier molecular flexibility index (Phi) is 3.92. The lowest BCUT2D eigenvalue weighted by Gasteiger charge is -2.39. The lowest BCUT2D eigenvalue weighted by molar-refractivity contribution is -0.000386. The smallest absolute Gasteiger partial charge is 0.444 e. The van der Waals surface area contributed by atoms with Gasteiger partial charge in [0.25, 0.3) is 0 Å². The van der Waals surface area contributed by atoms with Crippen molar-refractivity contribution in [3.63, 3.8) is 0 Å². The summed E-state index contributed by atoms with van der Waals surface area (Å²) in [6.45, 7) is 11.4. The molecular formula is C15H24BN3O4. The summed E-state index contributed by atoms with van der Waals surface area (Å²) in [6.07, 6.45) is 3.43. The van der Waals surface area contributed by atoms with Gasteiger partial charge in [0, 0.05) is 30.9 Å². The summed E-state index contributed by atoms with van der Waals surface area (Å²) in [5.41, 5.74) is 0.174. The van der Waals surface area contributed by atoms with Gasteiger partial charge in [0.1, 0.15) is 5.60 Å². The van der Waals surface area contributed by atoms with Gasteiger partial charge in [0.15, 0.2) is 0 Å². The lowest BCUT2D eigenvalue weighted by Crippen LogP contribution is -2.52. The van der Waals surface area contributed by atoms with E-state index in [4.69, 9.17) is 14.0 Å². The van der Waals surface area contributed by atoms with E-state index in [0.717, 1.165) is 5.46 Å². The fourth-order valence-electron chi connectivity index (χ4n) is 2.57. The summed E-state index contributed by atoms with van der Waals surface area (Å²) in [5, 5.41) is 4.38. The maximum Gasteiger partial charge on any atom is 0.497 e. The van der Waals surface area contributed by atoms with Crippen LogP contribution < -0.4 is 5.46 Å². The van der Waals surface area contributed by atoms with Crippen LogP contribution in [-0.2, 0) is 14.0 Å². The van der Waals surface area contributed by atoms with Crippen LogP contribution in [0.3, 0.4) is 0 Å². The molecule has 2 aliphatic rings. The molecule has 8 heteroatoms. The first-order chi connectivity index (χ1) is 10.6. The first kappa shape index (κ1) is 16.3. The molecule has 2 aliphatic heterocycles. The summed E-state index contributed by atoms with van der Waals surface area (Å²) in [4.78, 5) is 13.6. The molecular weight excluding hydrogens is 297 g/mol. The van der Waals surface area contributed by atoms with E-state index in [1.807, 2.05) is 45.5 Å². The Labute approximate surface area is 137 Å². The summed E-state index contributed by atoms with van der Waals surface area (Å²) >= 11 is 0. The molecule has 2 saturated heterocycles. The minimum absolute atomic E-state index is 0.172. The van der Waals surface area contributed by atoms with E-state index in [-0.39, 0.29) is 24.9 Å². The van der Waals surface area contributed by atoms with Gasteiger partial charge in [-0.15, -0.1) is 0 Å². The van der Waals surface area contributed by atoms with Gasteiger partial charge in [-0.2, -0.15) is 5.10 Å². The highest BCUT2D eigenvalue weighted by atomic mass is 16.7. The molecule has 7 nitrogen and oxygen atoms in total. The Bertz CT molecular complexity index is 590. The minimum atomic E-state index is -0.467. The van der Waals surface area contributed by atoms with Crippen LogP contribution in [0.5, 0.6) is 0 Å². The standard InChI is InChI=1S/C15H24BN3O4/c1-14(2,3)22-13(20)18-8-12(9-18)19-7-11(6-17-19)16-21-10-15(4,5)23-16/h6-7,12H,8-10H2,1-5H3. The van der Waals surface area contributed by atoms with Gasteiger partial charge in [-0.1, -0.05) is 0 Å². The Morgan fingerprint density at radius 3 is 2.70 bits per heavy atom. The molecule has 0 spiro atoms. The van der Waals surface area contributed by atoms with Gasteiger partial charge in [0.2, 0.25) is 0 Å². The highest BCUT2D eigenvalue weighted by molar-refractivity contribution is 6.61. The normalized spacial score (nSPS) is 21.4. The highest BCUT2D eigenvalue weighted by Gasteiger charge is 2.40. The van der Waals surface area contributed by atoms with Crippen molar-refractivity contribution >= 4 is 18.7 Å². The number of nitrogens with zero attached hydrogens (tertiary/aromatic N) is 3. The SMILES string of the molecule is CC(C)(C)OC(=O)N1CC(n2cc(B3OCC(C)(C)O3)cn2)C1. The van der Waals surface area contributed by atoms with Crippen LogP contribution in [0.2, 0.25) is 0 Å². The van der Waals surface area contributed by atoms with Gasteiger partial charge in [-0.3, -0.25) is 4.68 Å². The molecule has 1 amide bonds. The van der Waals surface area contributed by atoms with Gasteiger partial charge in [-0.25, -0.2) is 4.79 Å². The molecule has 0 aromatic carbocycles. The van der Waals surface area contributed by atoms with Gasteiger partial charge in [-0.05, 0) is 34.6 Å². The third kappa shape index (κ3) is 3.69. The van der Waals surface area contributed by atoms with Crippen molar-refractivity contribution in [3.05, 3.63) is 12.4 Å². The Balaban J connectivity index is 1.54. The van der Waals surface area contributed by atoms with Crippen LogP contribution in [0.1, 0.15) is 40.7 Å². The second-order valence-corrected chi connectivity index (χ2v) is 7.81. The second-order valence-electron chi connectivity index (χ2n) is 7.81. The fraction of sp³-hybridized carbons (Fsp3) is 0.733.